The lowest BCUT2D eigenvalue weighted by Gasteiger charge is -2.59. The zero-order valence-corrected chi connectivity index (χ0v) is 20.4. The molecule has 0 amide bonds. The largest absolute Gasteiger partial charge is 0.0622 e. The molecule has 0 aromatic carbocycles. The number of hydrogen-bond donors (Lipinski definition) is 0. The Balaban J connectivity index is 4.23. The molecule has 25 heavy (non-hydrogen) atoms. The first-order valence-electron chi connectivity index (χ1n) is 11.0. The Morgan fingerprint density at radius 3 is 0.400 bits per heavy atom. The van der Waals surface area contributed by atoms with E-state index in [0.29, 0.717) is 29.6 Å². The van der Waals surface area contributed by atoms with Crippen molar-refractivity contribution < 1.29 is 0 Å². The summed E-state index contributed by atoms with van der Waals surface area (Å²) in [5.74, 6) is 3.29. The standard InChI is InChI=1S/C25H50/c1-16(2)21(11)22(12,17(3)4)24(14,19(7)8)25(15,20(9)10)23(21,13)18(5)6/h16-20H,1-15H3. The van der Waals surface area contributed by atoms with Crippen molar-refractivity contribution in [1.82, 2.24) is 0 Å². The summed E-state index contributed by atoms with van der Waals surface area (Å²) in [6.45, 7) is 38.2. The van der Waals surface area contributed by atoms with E-state index >= 15 is 0 Å². The Bertz CT molecular complexity index is 360. The second-order valence-corrected chi connectivity index (χ2v) is 11.8. The third-order valence-electron chi connectivity index (χ3n) is 11.2. The van der Waals surface area contributed by atoms with E-state index in [2.05, 4.69) is 104 Å². The molecule has 0 atom stereocenters. The van der Waals surface area contributed by atoms with Crippen molar-refractivity contribution in [1.29, 1.82) is 0 Å². The molecule has 0 heteroatoms. The molecular weight excluding hydrogens is 300 g/mol. The van der Waals surface area contributed by atoms with E-state index < -0.39 is 0 Å². The van der Waals surface area contributed by atoms with Gasteiger partial charge in [-0.1, -0.05) is 104 Å². The maximum absolute atomic E-state index is 2.66. The fourth-order valence-electron chi connectivity index (χ4n) is 8.69. The zero-order chi connectivity index (χ0) is 20.4. The van der Waals surface area contributed by atoms with Crippen LogP contribution in [0.4, 0.5) is 0 Å². The molecule has 1 rings (SSSR count). The van der Waals surface area contributed by atoms with Crippen LogP contribution < -0.4 is 0 Å². The first-order chi connectivity index (χ1) is 11.0. The topological polar surface area (TPSA) is 0 Å². The van der Waals surface area contributed by atoms with Crippen LogP contribution in [-0.4, -0.2) is 0 Å². The predicted octanol–water partition coefficient (Wildman–Crippen LogP) is 8.31. The lowest BCUT2D eigenvalue weighted by Crippen LogP contribution is -2.54. The molecule has 0 spiro atoms. The van der Waals surface area contributed by atoms with Crippen molar-refractivity contribution in [2.75, 3.05) is 0 Å². The van der Waals surface area contributed by atoms with Crippen molar-refractivity contribution in [3.63, 3.8) is 0 Å². The van der Waals surface area contributed by atoms with Crippen LogP contribution in [0.5, 0.6) is 0 Å². The van der Waals surface area contributed by atoms with Crippen LogP contribution in [0.15, 0.2) is 0 Å². The summed E-state index contributed by atoms with van der Waals surface area (Å²) in [5, 5.41) is 0. The monoisotopic (exact) mass is 350 g/mol. The summed E-state index contributed by atoms with van der Waals surface area (Å²) >= 11 is 0. The van der Waals surface area contributed by atoms with Gasteiger partial charge in [0.15, 0.2) is 0 Å². The molecule has 1 aliphatic rings. The molecule has 0 bridgehead atoms. The summed E-state index contributed by atoms with van der Waals surface area (Å²) in [6, 6.07) is 0. The van der Waals surface area contributed by atoms with Crippen LogP contribution in [0.25, 0.3) is 0 Å². The molecule has 0 aromatic heterocycles. The highest BCUT2D eigenvalue weighted by Crippen LogP contribution is 2.86. The number of hydrogen-bond acceptors (Lipinski definition) is 0. The van der Waals surface area contributed by atoms with E-state index in [-0.39, 0.29) is 27.1 Å². The highest BCUT2D eigenvalue weighted by molar-refractivity contribution is 5.28. The maximum atomic E-state index is 2.66. The van der Waals surface area contributed by atoms with Gasteiger partial charge in [0.2, 0.25) is 0 Å². The van der Waals surface area contributed by atoms with Crippen molar-refractivity contribution in [2.45, 2.75) is 104 Å². The number of rotatable bonds is 5. The Morgan fingerprint density at radius 2 is 0.360 bits per heavy atom. The van der Waals surface area contributed by atoms with Crippen molar-refractivity contribution >= 4 is 0 Å². The van der Waals surface area contributed by atoms with Crippen molar-refractivity contribution in [2.24, 2.45) is 56.7 Å². The summed E-state index contributed by atoms with van der Waals surface area (Å²) < 4.78 is 0. The van der Waals surface area contributed by atoms with Gasteiger partial charge in [0.05, 0.1) is 0 Å². The van der Waals surface area contributed by atoms with Crippen LogP contribution in [0.2, 0.25) is 0 Å². The smallest absolute Gasteiger partial charge is 0.0179 e. The van der Waals surface area contributed by atoms with E-state index in [4.69, 9.17) is 0 Å². The van der Waals surface area contributed by atoms with Crippen LogP contribution in [-0.2, 0) is 0 Å². The summed E-state index contributed by atoms with van der Waals surface area (Å²) in [7, 11) is 0. The molecule has 0 nitrogen and oxygen atoms in total. The van der Waals surface area contributed by atoms with Gasteiger partial charge in [-0.25, -0.2) is 0 Å². The third-order valence-corrected chi connectivity index (χ3v) is 11.2. The van der Waals surface area contributed by atoms with E-state index in [1.807, 2.05) is 0 Å². The molecule has 0 saturated heterocycles. The Labute approximate surface area is 160 Å². The van der Waals surface area contributed by atoms with Gasteiger partial charge in [0.25, 0.3) is 0 Å². The Morgan fingerprint density at radius 1 is 0.280 bits per heavy atom. The Hall–Kier alpha value is 0. The average molecular weight is 351 g/mol. The van der Waals surface area contributed by atoms with E-state index in [1.54, 1.807) is 0 Å². The minimum atomic E-state index is 0.278. The molecule has 0 aromatic rings. The second-order valence-electron chi connectivity index (χ2n) is 11.8. The summed E-state index contributed by atoms with van der Waals surface area (Å²) in [6.07, 6.45) is 0. The minimum Gasteiger partial charge on any atom is -0.0622 e. The van der Waals surface area contributed by atoms with Crippen molar-refractivity contribution in [3.05, 3.63) is 0 Å². The Kier molecular flexibility index (Phi) is 5.78. The molecule has 0 heterocycles. The van der Waals surface area contributed by atoms with Crippen LogP contribution >= 0.6 is 0 Å². The van der Waals surface area contributed by atoms with Gasteiger partial charge < -0.3 is 0 Å². The van der Waals surface area contributed by atoms with E-state index in [9.17, 15) is 0 Å². The summed E-state index contributed by atoms with van der Waals surface area (Å²) in [4.78, 5) is 0. The molecular formula is C25H50. The molecule has 0 aliphatic heterocycles. The van der Waals surface area contributed by atoms with Gasteiger partial charge in [-0.05, 0) is 56.7 Å². The predicted molar refractivity (Wildman–Crippen MR) is 115 cm³/mol. The van der Waals surface area contributed by atoms with E-state index in [0.717, 1.165) is 0 Å². The van der Waals surface area contributed by atoms with Gasteiger partial charge in [-0.15, -0.1) is 0 Å². The van der Waals surface area contributed by atoms with Gasteiger partial charge in [-0.2, -0.15) is 0 Å². The van der Waals surface area contributed by atoms with Crippen molar-refractivity contribution in [3.8, 4) is 0 Å². The molecule has 0 N–H and O–H groups in total. The fraction of sp³-hybridized carbons (Fsp3) is 1.00. The molecule has 1 fully saturated rings. The van der Waals surface area contributed by atoms with Gasteiger partial charge in [0.1, 0.15) is 0 Å². The molecule has 150 valence electrons. The molecule has 1 aliphatic carbocycles. The zero-order valence-electron chi connectivity index (χ0n) is 20.4. The highest BCUT2D eigenvalue weighted by atomic mass is 14.8. The third kappa shape index (κ3) is 2.07. The second kappa shape index (κ2) is 6.27. The highest BCUT2D eigenvalue weighted by Gasteiger charge is 2.81. The van der Waals surface area contributed by atoms with Crippen LogP contribution in [0, 0.1) is 56.7 Å². The molecule has 1 saturated carbocycles. The lowest BCUT2D eigenvalue weighted by molar-refractivity contribution is -0.122. The molecule has 0 unspecified atom stereocenters. The first-order valence-corrected chi connectivity index (χ1v) is 11.0. The molecule has 0 radical (unpaired) electrons. The summed E-state index contributed by atoms with van der Waals surface area (Å²) in [5.41, 5.74) is 1.39. The fourth-order valence-corrected chi connectivity index (χ4v) is 8.69. The first kappa shape index (κ1) is 23.0. The van der Waals surface area contributed by atoms with Crippen LogP contribution in [0.3, 0.4) is 0 Å². The van der Waals surface area contributed by atoms with Gasteiger partial charge in [0, 0.05) is 0 Å². The quantitative estimate of drug-likeness (QED) is 0.467. The lowest BCUT2D eigenvalue weighted by atomic mass is 9.45. The van der Waals surface area contributed by atoms with E-state index in [1.165, 1.54) is 0 Å². The minimum absolute atomic E-state index is 0.278. The maximum Gasteiger partial charge on any atom is -0.0179 e. The van der Waals surface area contributed by atoms with Crippen LogP contribution in [0.1, 0.15) is 104 Å². The SMILES string of the molecule is CC(C)C1(C)C(C)(C(C)C)C(C)(C(C)C)C(C)(C(C)C)C1(C)C(C)C. The van der Waals surface area contributed by atoms with Gasteiger partial charge >= 0.3 is 0 Å². The average Bonchev–Trinajstić information content (AvgIpc) is 2.58. The normalized spacial score (nSPS) is 45.6. The van der Waals surface area contributed by atoms with Gasteiger partial charge in [-0.3, -0.25) is 0 Å².